The number of hydrogen-bond donors (Lipinski definition) is 1. The molecule has 0 amide bonds. The first kappa shape index (κ1) is 23.1. The van der Waals surface area contributed by atoms with Crippen LogP contribution in [-0.4, -0.2) is 62.9 Å². The highest BCUT2D eigenvalue weighted by atomic mass is 35.5. The number of nitrogens with zero attached hydrogens (tertiary/aromatic N) is 6. The molecule has 9 heteroatoms. The second kappa shape index (κ2) is 8.56. The Morgan fingerprint density at radius 2 is 1.68 bits per heavy atom. The molecule has 0 bridgehead atoms. The minimum atomic E-state index is -0.178. The van der Waals surface area contributed by atoms with Crippen LogP contribution in [0.5, 0.6) is 0 Å². The molecule has 1 N–H and O–H groups in total. The number of fused-ring (bicyclic) bond motifs is 1. The van der Waals surface area contributed by atoms with E-state index in [-0.39, 0.29) is 5.41 Å². The fourth-order valence-electron chi connectivity index (χ4n) is 4.39. The molecule has 34 heavy (non-hydrogen) atoms. The van der Waals surface area contributed by atoms with Crippen molar-refractivity contribution < 1.29 is 0 Å². The van der Waals surface area contributed by atoms with Gasteiger partial charge < -0.3 is 14.8 Å². The molecule has 1 aliphatic rings. The van der Waals surface area contributed by atoms with Gasteiger partial charge in [-0.1, -0.05) is 62.2 Å². The van der Waals surface area contributed by atoms with E-state index in [1.807, 2.05) is 37.4 Å². The molecule has 1 aliphatic heterocycles. The third-order valence-corrected chi connectivity index (χ3v) is 7.02. The van der Waals surface area contributed by atoms with Gasteiger partial charge in [-0.05, 0) is 19.2 Å². The van der Waals surface area contributed by atoms with Crippen LogP contribution >= 0.6 is 23.2 Å². The van der Waals surface area contributed by atoms with Crippen LogP contribution < -0.4 is 4.90 Å². The van der Waals surface area contributed by atoms with Crippen LogP contribution in [0.3, 0.4) is 0 Å². The van der Waals surface area contributed by atoms with Crippen molar-refractivity contribution >= 4 is 40.1 Å². The number of anilines is 1. The van der Waals surface area contributed by atoms with Crippen LogP contribution in [-0.2, 0) is 12.5 Å². The third kappa shape index (κ3) is 4.06. The van der Waals surface area contributed by atoms with Crippen LogP contribution in [0.25, 0.3) is 33.8 Å². The number of imidazole rings is 1. The van der Waals surface area contributed by atoms with E-state index < -0.39 is 0 Å². The Hall–Kier alpha value is -2.61. The first-order valence-electron chi connectivity index (χ1n) is 11.5. The summed E-state index contributed by atoms with van der Waals surface area (Å²) in [6, 6.07) is 9.80. The lowest BCUT2D eigenvalue weighted by molar-refractivity contribution is 0.312. The van der Waals surface area contributed by atoms with Gasteiger partial charge in [0.1, 0.15) is 11.2 Å². The van der Waals surface area contributed by atoms with E-state index in [0.29, 0.717) is 15.9 Å². The third-order valence-electron chi connectivity index (χ3n) is 6.33. The summed E-state index contributed by atoms with van der Waals surface area (Å²) in [5.74, 6) is 1.54. The average molecular weight is 498 g/mol. The smallest absolute Gasteiger partial charge is 0.158 e. The SMILES string of the molecule is CN1CCN(c2nc(-c3ccccc3Cl)cc3[nH]c(-c4c(Cl)c(C(C)(C)C)nn4C)nc23)CC1. The van der Waals surface area contributed by atoms with Crippen molar-refractivity contribution in [2.75, 3.05) is 38.1 Å². The lowest BCUT2D eigenvalue weighted by Crippen LogP contribution is -2.45. The Kier molecular flexibility index (Phi) is 5.82. The zero-order valence-corrected chi connectivity index (χ0v) is 21.7. The van der Waals surface area contributed by atoms with E-state index in [2.05, 4.69) is 42.6 Å². The number of pyridine rings is 1. The van der Waals surface area contributed by atoms with Gasteiger partial charge in [-0.3, -0.25) is 4.68 Å². The minimum Gasteiger partial charge on any atom is -0.352 e. The summed E-state index contributed by atoms with van der Waals surface area (Å²) in [5, 5.41) is 5.99. The topological polar surface area (TPSA) is 65.9 Å². The molecule has 4 aromatic rings. The van der Waals surface area contributed by atoms with Crippen LogP contribution in [0.1, 0.15) is 26.5 Å². The Bertz CT molecular complexity index is 1360. The maximum Gasteiger partial charge on any atom is 0.158 e. The fourth-order valence-corrected chi connectivity index (χ4v) is 5.16. The van der Waals surface area contributed by atoms with Gasteiger partial charge in [-0.2, -0.15) is 5.10 Å². The predicted octanol–water partition coefficient (Wildman–Crippen LogP) is 5.38. The molecule has 0 atom stereocenters. The van der Waals surface area contributed by atoms with Gasteiger partial charge in [0.25, 0.3) is 0 Å². The summed E-state index contributed by atoms with van der Waals surface area (Å²) in [6.07, 6.45) is 0. The lowest BCUT2D eigenvalue weighted by atomic mass is 9.92. The first-order chi connectivity index (χ1) is 16.1. The van der Waals surface area contributed by atoms with Gasteiger partial charge in [-0.15, -0.1) is 0 Å². The van der Waals surface area contributed by atoms with Gasteiger partial charge in [0.15, 0.2) is 11.6 Å². The number of aromatic nitrogens is 5. The monoisotopic (exact) mass is 497 g/mol. The number of halogens is 2. The van der Waals surface area contributed by atoms with Gasteiger partial charge in [0, 0.05) is 49.2 Å². The molecule has 178 valence electrons. The molecule has 1 aromatic carbocycles. The molecule has 5 rings (SSSR count). The maximum absolute atomic E-state index is 6.84. The summed E-state index contributed by atoms with van der Waals surface area (Å²) in [4.78, 5) is 18.2. The second-order valence-electron chi connectivity index (χ2n) is 9.97. The van der Waals surface area contributed by atoms with Gasteiger partial charge >= 0.3 is 0 Å². The first-order valence-corrected chi connectivity index (χ1v) is 12.2. The van der Waals surface area contributed by atoms with Gasteiger partial charge in [0.05, 0.1) is 21.9 Å². The molecule has 0 aliphatic carbocycles. The summed E-state index contributed by atoms with van der Waals surface area (Å²) in [5.41, 5.74) is 4.86. The minimum absolute atomic E-state index is 0.178. The zero-order chi connectivity index (χ0) is 24.2. The fraction of sp³-hybridized carbons (Fsp3) is 0.400. The van der Waals surface area contributed by atoms with Crippen molar-refractivity contribution in [1.82, 2.24) is 29.6 Å². The number of rotatable bonds is 3. The lowest BCUT2D eigenvalue weighted by Gasteiger charge is -2.33. The molecule has 1 fully saturated rings. The highest BCUT2D eigenvalue weighted by molar-refractivity contribution is 6.34. The van der Waals surface area contributed by atoms with Crippen molar-refractivity contribution in [3.63, 3.8) is 0 Å². The Balaban J connectivity index is 1.70. The summed E-state index contributed by atoms with van der Waals surface area (Å²) in [6.45, 7) is 10.0. The van der Waals surface area contributed by atoms with Crippen LogP contribution in [0.15, 0.2) is 30.3 Å². The molecule has 0 radical (unpaired) electrons. The molecule has 4 heterocycles. The maximum atomic E-state index is 6.84. The van der Waals surface area contributed by atoms with Crippen LogP contribution in [0.2, 0.25) is 10.0 Å². The van der Waals surface area contributed by atoms with Crippen LogP contribution in [0.4, 0.5) is 5.82 Å². The Labute approximate surface area is 209 Å². The number of nitrogens with one attached hydrogen (secondary N) is 1. The molecule has 3 aromatic heterocycles. The highest BCUT2D eigenvalue weighted by Crippen LogP contribution is 2.38. The predicted molar refractivity (Wildman–Crippen MR) is 140 cm³/mol. The Morgan fingerprint density at radius 1 is 0.971 bits per heavy atom. The second-order valence-corrected chi connectivity index (χ2v) is 10.8. The van der Waals surface area contributed by atoms with Gasteiger partial charge in [-0.25, -0.2) is 9.97 Å². The zero-order valence-electron chi connectivity index (χ0n) is 20.2. The van der Waals surface area contributed by atoms with E-state index >= 15 is 0 Å². The molecular formula is C25H29Cl2N7. The van der Waals surface area contributed by atoms with Crippen molar-refractivity contribution in [1.29, 1.82) is 0 Å². The van der Waals surface area contributed by atoms with Crippen LogP contribution in [0, 0.1) is 0 Å². The standard InChI is InChI=1S/C25H29Cl2N7/c1-25(2,3)22-19(27)21(33(5)31-22)23-28-18-14-17(15-8-6-7-9-16(15)26)29-24(20(18)30-23)34-12-10-32(4)11-13-34/h6-9,14H,10-13H2,1-5H3,(H,28,30). The van der Waals surface area contributed by atoms with Gasteiger partial charge in [0.2, 0.25) is 0 Å². The molecule has 0 saturated carbocycles. The number of hydrogen-bond acceptors (Lipinski definition) is 5. The molecular weight excluding hydrogens is 469 g/mol. The number of aryl methyl sites for hydroxylation is 1. The van der Waals surface area contributed by atoms with Crippen molar-refractivity contribution in [2.24, 2.45) is 7.05 Å². The van der Waals surface area contributed by atoms with Crippen molar-refractivity contribution in [2.45, 2.75) is 26.2 Å². The van der Waals surface area contributed by atoms with Crippen molar-refractivity contribution in [3.8, 4) is 22.8 Å². The largest absolute Gasteiger partial charge is 0.352 e. The summed E-state index contributed by atoms with van der Waals surface area (Å²) in [7, 11) is 4.04. The number of benzene rings is 1. The van der Waals surface area contributed by atoms with E-state index in [9.17, 15) is 0 Å². The average Bonchev–Trinajstić information content (AvgIpc) is 3.33. The molecule has 0 unspecified atom stereocenters. The van der Waals surface area contributed by atoms with Crippen molar-refractivity contribution in [3.05, 3.63) is 46.1 Å². The number of likely N-dealkylation sites (N-methyl/N-ethyl adjacent to an activating group) is 1. The van der Waals surface area contributed by atoms with E-state index in [4.69, 9.17) is 38.3 Å². The number of aromatic amines is 1. The molecule has 7 nitrogen and oxygen atoms in total. The van der Waals surface area contributed by atoms with E-state index in [1.54, 1.807) is 4.68 Å². The summed E-state index contributed by atoms with van der Waals surface area (Å²) < 4.78 is 1.80. The number of H-pyrrole nitrogens is 1. The normalized spacial score (nSPS) is 15.4. The van der Waals surface area contributed by atoms with E-state index in [1.165, 1.54) is 0 Å². The molecule has 1 saturated heterocycles. The summed E-state index contributed by atoms with van der Waals surface area (Å²) >= 11 is 13.4. The highest BCUT2D eigenvalue weighted by Gasteiger charge is 2.28. The number of piperazine rings is 1. The van der Waals surface area contributed by atoms with E-state index in [0.717, 1.165) is 65.7 Å². The molecule has 0 spiro atoms. The Morgan fingerprint density at radius 3 is 2.32 bits per heavy atom. The quantitative estimate of drug-likeness (QED) is 0.411.